The van der Waals surface area contributed by atoms with Crippen LogP contribution in [-0.2, 0) is 14.4 Å². The molecule has 4 amide bonds. The average molecular weight is 301 g/mol. The van der Waals surface area contributed by atoms with Crippen LogP contribution in [0.25, 0.3) is 0 Å². The molecular weight excluding hydrogens is 282 g/mol. The smallest absolute Gasteiger partial charge is 0.337 e. The van der Waals surface area contributed by atoms with E-state index in [1.54, 1.807) is 0 Å². The van der Waals surface area contributed by atoms with Gasteiger partial charge >= 0.3 is 12.0 Å². The molecule has 3 N–H and O–H groups in total. The van der Waals surface area contributed by atoms with Gasteiger partial charge in [-0.15, -0.1) is 0 Å². The van der Waals surface area contributed by atoms with E-state index >= 15 is 0 Å². The zero-order chi connectivity index (χ0) is 16.2. The minimum Gasteiger partial charge on any atom is -0.479 e. The van der Waals surface area contributed by atoms with Gasteiger partial charge in [-0.3, -0.25) is 14.5 Å². The molecule has 0 aromatic carbocycles. The summed E-state index contributed by atoms with van der Waals surface area (Å²) in [5.74, 6) is -2.19. The first-order valence-corrected chi connectivity index (χ1v) is 6.43. The van der Waals surface area contributed by atoms with Crippen molar-refractivity contribution >= 4 is 23.8 Å². The maximum Gasteiger partial charge on any atom is 0.337 e. The van der Waals surface area contributed by atoms with Crippen molar-refractivity contribution < 1.29 is 29.4 Å². The van der Waals surface area contributed by atoms with Crippen molar-refractivity contribution in [1.82, 2.24) is 15.1 Å². The van der Waals surface area contributed by atoms with Crippen LogP contribution in [-0.4, -0.2) is 76.1 Å². The second-order valence-electron chi connectivity index (χ2n) is 5.14. The molecule has 1 heterocycles. The number of hydrogen-bond donors (Lipinski definition) is 3. The van der Waals surface area contributed by atoms with Crippen molar-refractivity contribution in [1.29, 1.82) is 0 Å². The Morgan fingerprint density at radius 2 is 2.00 bits per heavy atom. The lowest BCUT2D eigenvalue weighted by Crippen LogP contribution is -2.46. The largest absolute Gasteiger partial charge is 0.479 e. The van der Waals surface area contributed by atoms with E-state index < -0.39 is 30.1 Å². The topological polar surface area (TPSA) is 127 Å². The summed E-state index contributed by atoms with van der Waals surface area (Å²) in [6.45, 7) is 0.829. The van der Waals surface area contributed by atoms with Crippen LogP contribution in [0.2, 0.25) is 0 Å². The number of carbonyl (C=O) groups is 4. The van der Waals surface area contributed by atoms with Crippen molar-refractivity contribution in [3.63, 3.8) is 0 Å². The fourth-order valence-corrected chi connectivity index (χ4v) is 1.72. The molecule has 1 aliphatic heterocycles. The zero-order valence-electron chi connectivity index (χ0n) is 12.0. The number of aliphatic carboxylic acids is 1. The normalized spacial score (nSPS) is 17.9. The molecular formula is C12H19N3O6. The van der Waals surface area contributed by atoms with Crippen molar-refractivity contribution in [3.05, 3.63) is 0 Å². The first-order valence-electron chi connectivity index (χ1n) is 6.43. The molecule has 118 valence electrons. The number of likely N-dealkylation sites (N-methyl/N-ethyl adjacent to an activating group) is 1. The summed E-state index contributed by atoms with van der Waals surface area (Å²) >= 11 is 0. The van der Waals surface area contributed by atoms with Gasteiger partial charge in [0.25, 0.3) is 0 Å². The van der Waals surface area contributed by atoms with Crippen LogP contribution >= 0.6 is 0 Å². The molecule has 9 nitrogen and oxygen atoms in total. The number of urea groups is 1. The summed E-state index contributed by atoms with van der Waals surface area (Å²) in [5, 5.41) is 20.4. The molecule has 0 aliphatic carbocycles. The monoisotopic (exact) mass is 301 g/mol. The Morgan fingerprint density at radius 1 is 1.38 bits per heavy atom. The number of carboxylic acids is 1. The van der Waals surface area contributed by atoms with E-state index in [0.29, 0.717) is 0 Å². The van der Waals surface area contributed by atoms with Crippen LogP contribution in [0, 0.1) is 0 Å². The Balaban J connectivity index is 2.30. The molecule has 1 saturated heterocycles. The summed E-state index contributed by atoms with van der Waals surface area (Å²) in [7, 11) is 1.51. The van der Waals surface area contributed by atoms with E-state index in [9.17, 15) is 24.3 Å². The highest BCUT2D eigenvalue weighted by molar-refractivity contribution is 6.01. The van der Waals surface area contributed by atoms with Crippen molar-refractivity contribution in [2.75, 3.05) is 26.7 Å². The lowest BCUT2D eigenvalue weighted by molar-refractivity contribution is -0.156. The van der Waals surface area contributed by atoms with Gasteiger partial charge in [-0.1, -0.05) is 0 Å². The predicted octanol–water partition coefficient (Wildman–Crippen LogP) is -1.39. The summed E-state index contributed by atoms with van der Waals surface area (Å²) in [4.78, 5) is 47.5. The summed E-state index contributed by atoms with van der Waals surface area (Å²) < 4.78 is 0. The number of nitrogens with zero attached hydrogens (tertiary/aromatic N) is 2. The van der Waals surface area contributed by atoms with E-state index in [2.05, 4.69) is 5.32 Å². The van der Waals surface area contributed by atoms with Crippen molar-refractivity contribution in [2.45, 2.75) is 25.4 Å². The Bertz CT molecular complexity index is 462. The quantitative estimate of drug-likeness (QED) is 0.497. The number of amides is 4. The Kier molecular flexibility index (Phi) is 5.25. The number of rotatable bonds is 7. The van der Waals surface area contributed by atoms with Crippen LogP contribution in [0.15, 0.2) is 0 Å². The third kappa shape index (κ3) is 4.42. The lowest BCUT2D eigenvalue weighted by atomic mass is 10.1. The van der Waals surface area contributed by atoms with Gasteiger partial charge in [0.2, 0.25) is 11.8 Å². The molecule has 9 heteroatoms. The van der Waals surface area contributed by atoms with Crippen LogP contribution < -0.4 is 5.32 Å². The van der Waals surface area contributed by atoms with Gasteiger partial charge in [-0.2, -0.15) is 0 Å². The molecule has 0 saturated carbocycles. The standard InChI is InChI=1S/C12H19N3O6/c1-12(21,10(18)19)7-13-8(16)4-3-5-15-9(17)6-14(2)11(15)20/h21H,3-7H2,1-2H3,(H,13,16)(H,18,19). The highest BCUT2D eigenvalue weighted by Crippen LogP contribution is 2.09. The van der Waals surface area contributed by atoms with Gasteiger partial charge in [0.1, 0.15) is 6.54 Å². The predicted molar refractivity (Wildman–Crippen MR) is 70.2 cm³/mol. The summed E-state index contributed by atoms with van der Waals surface area (Å²) in [5.41, 5.74) is -2.03. The van der Waals surface area contributed by atoms with E-state index in [4.69, 9.17) is 5.11 Å². The van der Waals surface area contributed by atoms with E-state index in [1.165, 1.54) is 11.9 Å². The number of aliphatic hydroxyl groups is 1. The van der Waals surface area contributed by atoms with E-state index in [0.717, 1.165) is 11.8 Å². The Labute approximate surface area is 121 Å². The maximum absolute atomic E-state index is 11.6. The molecule has 0 spiro atoms. The number of hydrogen-bond acceptors (Lipinski definition) is 5. The third-order valence-corrected chi connectivity index (χ3v) is 3.11. The van der Waals surface area contributed by atoms with Crippen LogP contribution in [0.3, 0.4) is 0 Å². The molecule has 1 fully saturated rings. The van der Waals surface area contributed by atoms with Crippen LogP contribution in [0.5, 0.6) is 0 Å². The first-order chi connectivity index (χ1) is 9.65. The van der Waals surface area contributed by atoms with Gasteiger partial charge in [0.05, 0.1) is 6.54 Å². The minimum absolute atomic E-state index is 0.0243. The molecule has 1 atom stereocenters. The van der Waals surface area contributed by atoms with Crippen molar-refractivity contribution in [3.8, 4) is 0 Å². The SMILES string of the molecule is CN1CC(=O)N(CCCC(=O)NCC(C)(O)C(=O)O)C1=O. The van der Waals surface area contributed by atoms with Crippen LogP contribution in [0.1, 0.15) is 19.8 Å². The van der Waals surface area contributed by atoms with Gasteiger partial charge < -0.3 is 20.4 Å². The average Bonchev–Trinajstić information content (AvgIpc) is 2.62. The summed E-state index contributed by atoms with van der Waals surface area (Å²) in [6, 6.07) is -0.394. The fourth-order valence-electron chi connectivity index (χ4n) is 1.72. The lowest BCUT2D eigenvalue weighted by Gasteiger charge is -2.18. The number of nitrogens with one attached hydrogen (secondary N) is 1. The fraction of sp³-hybridized carbons (Fsp3) is 0.667. The molecule has 0 bridgehead atoms. The van der Waals surface area contributed by atoms with Crippen molar-refractivity contribution in [2.24, 2.45) is 0 Å². The maximum atomic E-state index is 11.6. The zero-order valence-corrected chi connectivity index (χ0v) is 12.0. The van der Waals surface area contributed by atoms with Gasteiger partial charge in [0, 0.05) is 20.0 Å². The van der Waals surface area contributed by atoms with E-state index in [-0.39, 0.29) is 31.8 Å². The van der Waals surface area contributed by atoms with Gasteiger partial charge in [-0.25, -0.2) is 9.59 Å². The third-order valence-electron chi connectivity index (χ3n) is 3.11. The summed E-state index contributed by atoms with van der Waals surface area (Å²) in [6.07, 6.45) is 0.294. The molecule has 0 aromatic rings. The van der Waals surface area contributed by atoms with E-state index in [1.807, 2.05) is 0 Å². The highest BCUT2D eigenvalue weighted by atomic mass is 16.4. The number of carbonyl (C=O) groups excluding carboxylic acids is 3. The molecule has 1 rings (SSSR count). The van der Waals surface area contributed by atoms with Crippen LogP contribution in [0.4, 0.5) is 4.79 Å². The molecule has 1 aliphatic rings. The second-order valence-corrected chi connectivity index (χ2v) is 5.14. The molecule has 0 aromatic heterocycles. The Morgan fingerprint density at radius 3 is 2.48 bits per heavy atom. The Hall–Kier alpha value is -2.16. The molecule has 0 radical (unpaired) electrons. The highest BCUT2D eigenvalue weighted by Gasteiger charge is 2.33. The minimum atomic E-state index is -2.03. The molecule has 21 heavy (non-hydrogen) atoms. The van der Waals surface area contributed by atoms with Gasteiger partial charge in [0.15, 0.2) is 5.60 Å². The number of imide groups is 1. The van der Waals surface area contributed by atoms with Gasteiger partial charge in [-0.05, 0) is 13.3 Å². The molecule has 1 unspecified atom stereocenters. The second kappa shape index (κ2) is 6.53. The first kappa shape index (κ1) is 16.9. The number of carboxylic acid groups (broad SMARTS) is 1.